The highest BCUT2D eigenvalue weighted by molar-refractivity contribution is 9.10. The number of fused-ring (bicyclic) bond motifs is 1. The molecular weight excluding hydrogens is 357 g/mol. The van der Waals surface area contributed by atoms with Crippen LogP contribution in [0, 0.1) is 12.7 Å². The number of thioether (sulfide) groups is 1. The zero-order valence-corrected chi connectivity index (χ0v) is 13.3. The van der Waals surface area contributed by atoms with Gasteiger partial charge in [0.25, 0.3) is 0 Å². The zero-order valence-electron chi connectivity index (χ0n) is 10.9. The first-order valence-corrected chi connectivity index (χ1v) is 7.67. The molecule has 0 spiro atoms. The van der Waals surface area contributed by atoms with E-state index in [0.717, 1.165) is 0 Å². The van der Waals surface area contributed by atoms with E-state index in [-0.39, 0.29) is 21.6 Å². The third-order valence-electron chi connectivity index (χ3n) is 3.18. The van der Waals surface area contributed by atoms with E-state index in [2.05, 4.69) is 20.9 Å². The van der Waals surface area contributed by atoms with Crippen molar-refractivity contribution in [3.63, 3.8) is 0 Å². The highest BCUT2D eigenvalue weighted by Crippen LogP contribution is 2.40. The van der Waals surface area contributed by atoms with Crippen molar-refractivity contribution in [2.75, 3.05) is 0 Å². The number of pyridine rings is 1. The molecule has 2 aromatic rings. The van der Waals surface area contributed by atoms with Gasteiger partial charge in [-0.1, -0.05) is 11.8 Å². The summed E-state index contributed by atoms with van der Waals surface area (Å²) in [5.74, 6) is -0.822. The maximum absolute atomic E-state index is 13.9. The van der Waals surface area contributed by atoms with Crippen LogP contribution in [-0.2, 0) is 0 Å². The molecule has 1 aliphatic heterocycles. The predicted molar refractivity (Wildman–Crippen MR) is 82.9 cm³/mol. The van der Waals surface area contributed by atoms with Gasteiger partial charge in [0.1, 0.15) is 16.6 Å². The molecule has 2 heterocycles. The minimum Gasteiger partial charge on any atom is -0.508 e. The first-order valence-electron chi connectivity index (χ1n) is 6.06. The first-order chi connectivity index (χ1) is 9.99. The molecule has 0 atom stereocenters. The molecule has 6 heteroatoms. The molecule has 1 aromatic heterocycles. The number of aromatic hydroxyl groups is 1. The molecule has 0 aliphatic carbocycles. The lowest BCUT2D eigenvalue weighted by atomic mass is 10.1. The number of carbonyl (C=O) groups excluding carboxylic acids is 1. The summed E-state index contributed by atoms with van der Waals surface area (Å²) in [5.41, 5.74) is 1.13. The minimum atomic E-state index is -0.534. The Labute approximate surface area is 133 Å². The van der Waals surface area contributed by atoms with Gasteiger partial charge in [0.05, 0.1) is 14.9 Å². The molecule has 0 fully saturated rings. The number of Topliss-reactive ketones (excluding diaryl/α,β-unsaturated/α-hetero) is 1. The summed E-state index contributed by atoms with van der Waals surface area (Å²) in [6.45, 7) is 1.49. The van der Waals surface area contributed by atoms with Crippen molar-refractivity contribution in [3.05, 3.63) is 56.3 Å². The number of phenols is 1. The van der Waals surface area contributed by atoms with Crippen molar-refractivity contribution in [2.45, 2.75) is 11.9 Å². The Bertz CT molecular complexity index is 805. The molecule has 1 aliphatic rings. The third-order valence-corrected chi connectivity index (χ3v) is 5.03. The van der Waals surface area contributed by atoms with E-state index in [4.69, 9.17) is 0 Å². The van der Waals surface area contributed by atoms with Crippen molar-refractivity contribution in [1.82, 2.24) is 4.98 Å². The van der Waals surface area contributed by atoms with Crippen molar-refractivity contribution < 1.29 is 14.3 Å². The van der Waals surface area contributed by atoms with Gasteiger partial charge >= 0.3 is 0 Å². The van der Waals surface area contributed by atoms with Gasteiger partial charge in [-0.05, 0) is 52.7 Å². The standard InChI is InChI=1S/C15H9BrFNO2S/c1-7-10(19)5-8(12(16)13(7)17)6-11-14(20)9-3-2-4-18-15(9)21-11/h2-6,19H,1H3/b11-6-. The van der Waals surface area contributed by atoms with Gasteiger partial charge in [0.15, 0.2) is 0 Å². The van der Waals surface area contributed by atoms with Crippen LogP contribution in [0.15, 0.2) is 38.8 Å². The molecule has 0 amide bonds. The van der Waals surface area contributed by atoms with Crippen LogP contribution < -0.4 is 0 Å². The lowest BCUT2D eigenvalue weighted by Gasteiger charge is -2.07. The number of halogens is 2. The summed E-state index contributed by atoms with van der Waals surface area (Å²) in [6, 6.07) is 4.84. The Hall–Kier alpha value is -1.66. The van der Waals surface area contributed by atoms with E-state index in [0.29, 0.717) is 21.1 Å². The topological polar surface area (TPSA) is 50.2 Å². The lowest BCUT2D eigenvalue weighted by molar-refractivity contribution is 0.104. The molecule has 106 valence electrons. The van der Waals surface area contributed by atoms with E-state index >= 15 is 0 Å². The quantitative estimate of drug-likeness (QED) is 0.764. The second kappa shape index (κ2) is 5.27. The fraction of sp³-hybridized carbons (Fsp3) is 0.0667. The predicted octanol–water partition coefficient (Wildman–Crippen LogP) is 4.33. The minimum absolute atomic E-state index is 0.143. The van der Waals surface area contributed by atoms with Crippen LogP contribution in [0.5, 0.6) is 5.75 Å². The number of ketones is 1. The maximum atomic E-state index is 13.9. The van der Waals surface area contributed by atoms with Crippen molar-refractivity contribution in [2.24, 2.45) is 0 Å². The third kappa shape index (κ3) is 2.38. The van der Waals surface area contributed by atoms with Crippen molar-refractivity contribution in [3.8, 4) is 5.75 Å². The number of hydrogen-bond acceptors (Lipinski definition) is 4. The van der Waals surface area contributed by atoms with Crippen LogP contribution in [0.25, 0.3) is 6.08 Å². The summed E-state index contributed by atoms with van der Waals surface area (Å²) in [4.78, 5) is 16.8. The summed E-state index contributed by atoms with van der Waals surface area (Å²) < 4.78 is 14.2. The Balaban J connectivity index is 2.08. The Morgan fingerprint density at radius 2 is 2.24 bits per heavy atom. The molecular formula is C15H9BrFNO2S. The number of aromatic nitrogens is 1. The van der Waals surface area contributed by atoms with Crippen molar-refractivity contribution >= 4 is 39.6 Å². The van der Waals surface area contributed by atoms with Gasteiger partial charge in [-0.25, -0.2) is 9.37 Å². The van der Waals surface area contributed by atoms with Gasteiger partial charge in [-0.15, -0.1) is 0 Å². The molecule has 0 radical (unpaired) electrons. The van der Waals surface area contributed by atoms with Crippen molar-refractivity contribution in [1.29, 1.82) is 0 Å². The maximum Gasteiger partial charge on any atom is 0.202 e. The van der Waals surface area contributed by atoms with Crippen LogP contribution in [0.1, 0.15) is 21.5 Å². The summed E-state index contributed by atoms with van der Waals surface area (Å²) in [5, 5.41) is 10.4. The lowest BCUT2D eigenvalue weighted by Crippen LogP contribution is -1.95. The van der Waals surface area contributed by atoms with E-state index in [1.54, 1.807) is 24.4 Å². The second-order valence-corrected chi connectivity index (χ2v) is 6.36. The average Bonchev–Trinajstić information content (AvgIpc) is 2.79. The number of hydrogen-bond donors (Lipinski definition) is 1. The van der Waals surface area contributed by atoms with E-state index in [9.17, 15) is 14.3 Å². The highest BCUT2D eigenvalue weighted by Gasteiger charge is 2.27. The van der Waals surface area contributed by atoms with Gasteiger partial charge < -0.3 is 5.11 Å². The fourth-order valence-corrected chi connectivity index (χ4v) is 3.50. The number of benzene rings is 1. The van der Waals surface area contributed by atoms with Gasteiger partial charge in [-0.2, -0.15) is 0 Å². The number of nitrogens with zero attached hydrogens (tertiary/aromatic N) is 1. The van der Waals surface area contributed by atoms with Crippen LogP contribution in [0.2, 0.25) is 0 Å². The van der Waals surface area contributed by atoms with Crippen LogP contribution in [0.3, 0.4) is 0 Å². The van der Waals surface area contributed by atoms with E-state index < -0.39 is 5.82 Å². The van der Waals surface area contributed by atoms with Crippen LogP contribution in [0.4, 0.5) is 4.39 Å². The summed E-state index contributed by atoms with van der Waals surface area (Å²) >= 11 is 4.40. The Morgan fingerprint density at radius 3 is 2.95 bits per heavy atom. The Kier molecular flexibility index (Phi) is 3.59. The second-order valence-electron chi connectivity index (χ2n) is 4.53. The van der Waals surface area contributed by atoms with Gasteiger partial charge in [0, 0.05) is 11.8 Å². The van der Waals surface area contributed by atoms with Crippen LogP contribution in [-0.4, -0.2) is 15.9 Å². The molecule has 3 nitrogen and oxygen atoms in total. The Morgan fingerprint density at radius 1 is 1.48 bits per heavy atom. The first kappa shape index (κ1) is 14.3. The zero-order chi connectivity index (χ0) is 15.1. The summed E-state index contributed by atoms with van der Waals surface area (Å²) in [7, 11) is 0. The molecule has 21 heavy (non-hydrogen) atoms. The number of allylic oxidation sites excluding steroid dienone is 1. The molecule has 1 N–H and O–H groups in total. The normalized spacial score (nSPS) is 15.6. The van der Waals surface area contributed by atoms with E-state index in [1.165, 1.54) is 24.8 Å². The molecule has 0 saturated heterocycles. The molecule has 0 bridgehead atoms. The van der Waals surface area contributed by atoms with Gasteiger partial charge in [0.2, 0.25) is 5.78 Å². The molecule has 0 unspecified atom stereocenters. The van der Waals surface area contributed by atoms with E-state index in [1.807, 2.05) is 0 Å². The molecule has 3 rings (SSSR count). The monoisotopic (exact) mass is 365 g/mol. The van der Waals surface area contributed by atoms with Gasteiger partial charge in [-0.3, -0.25) is 4.79 Å². The number of carbonyl (C=O) groups is 1. The fourth-order valence-electron chi connectivity index (χ4n) is 1.99. The molecule has 1 aromatic carbocycles. The summed E-state index contributed by atoms with van der Waals surface area (Å²) in [6.07, 6.45) is 3.18. The SMILES string of the molecule is Cc1c(O)cc(/C=C2\Sc3ncccc3C2=O)c(Br)c1F. The smallest absolute Gasteiger partial charge is 0.202 e. The number of phenolic OH excluding ortho intramolecular Hbond substituents is 1. The highest BCUT2D eigenvalue weighted by atomic mass is 79.9. The average molecular weight is 366 g/mol. The van der Waals surface area contributed by atoms with Crippen LogP contribution >= 0.6 is 27.7 Å². The largest absolute Gasteiger partial charge is 0.508 e. The molecule has 0 saturated carbocycles. The number of rotatable bonds is 1.